The summed E-state index contributed by atoms with van der Waals surface area (Å²) in [5.41, 5.74) is 2.71. The number of benzene rings is 1. The van der Waals surface area contributed by atoms with Gasteiger partial charge in [0, 0.05) is 33.3 Å². The maximum absolute atomic E-state index is 12.4. The zero-order chi connectivity index (χ0) is 19.2. The topological polar surface area (TPSA) is 70.6 Å². The lowest BCUT2D eigenvalue weighted by atomic mass is 10.1. The van der Waals surface area contributed by atoms with E-state index in [2.05, 4.69) is 20.2 Å². The monoisotopic (exact) mass is 367 g/mol. The van der Waals surface area contributed by atoms with Crippen molar-refractivity contribution in [1.29, 1.82) is 0 Å². The van der Waals surface area contributed by atoms with Crippen LogP contribution in [-0.4, -0.2) is 56.3 Å². The summed E-state index contributed by atoms with van der Waals surface area (Å²) in [6.45, 7) is 4.88. The summed E-state index contributed by atoms with van der Waals surface area (Å²) < 4.78 is 5.37. The fourth-order valence-electron chi connectivity index (χ4n) is 2.82. The Balaban J connectivity index is 1.75. The molecule has 0 aliphatic carbocycles. The van der Waals surface area contributed by atoms with Gasteiger partial charge in [-0.25, -0.2) is 4.98 Å². The zero-order valence-electron chi connectivity index (χ0n) is 16.0. The van der Waals surface area contributed by atoms with Crippen LogP contribution in [0, 0.1) is 6.92 Å². The Morgan fingerprint density at radius 3 is 2.70 bits per heavy atom. The van der Waals surface area contributed by atoms with Crippen LogP contribution < -0.4 is 15.1 Å². The van der Waals surface area contributed by atoms with Crippen molar-refractivity contribution in [3.8, 4) is 0 Å². The van der Waals surface area contributed by atoms with Crippen LogP contribution >= 0.6 is 0 Å². The Morgan fingerprint density at radius 1 is 1.26 bits per heavy atom. The van der Waals surface area contributed by atoms with E-state index in [9.17, 15) is 4.79 Å². The molecule has 1 aliphatic rings. The first-order chi connectivity index (χ1) is 13.0. The third kappa shape index (κ3) is 4.83. The van der Waals surface area contributed by atoms with Crippen LogP contribution in [0.2, 0.25) is 0 Å². The van der Waals surface area contributed by atoms with E-state index in [1.165, 1.54) is 6.08 Å². The number of morpholine rings is 1. The molecule has 0 unspecified atom stereocenters. The number of anilines is 3. The van der Waals surface area contributed by atoms with Gasteiger partial charge in [-0.2, -0.15) is 4.98 Å². The van der Waals surface area contributed by atoms with Crippen LogP contribution in [0.1, 0.15) is 11.1 Å². The minimum atomic E-state index is -0.218. The first kappa shape index (κ1) is 18.8. The number of rotatable bonds is 5. The van der Waals surface area contributed by atoms with E-state index >= 15 is 0 Å². The molecule has 2 aromatic rings. The molecule has 1 saturated heterocycles. The van der Waals surface area contributed by atoms with E-state index in [-0.39, 0.29) is 5.91 Å². The first-order valence-corrected chi connectivity index (χ1v) is 8.96. The van der Waals surface area contributed by atoms with Gasteiger partial charge >= 0.3 is 0 Å². The highest BCUT2D eigenvalue weighted by molar-refractivity contribution is 6.03. The fourth-order valence-corrected chi connectivity index (χ4v) is 2.82. The maximum atomic E-state index is 12.4. The molecule has 7 heteroatoms. The molecule has 1 fully saturated rings. The van der Waals surface area contributed by atoms with Gasteiger partial charge in [0.2, 0.25) is 11.9 Å². The van der Waals surface area contributed by atoms with E-state index in [1.54, 1.807) is 6.20 Å². The SMILES string of the molecule is Cc1ccccc1/C=C/C(=O)Nc1cnc(N2CCOCC2)nc1N(C)C. The molecule has 0 saturated carbocycles. The second-order valence-corrected chi connectivity index (χ2v) is 6.58. The minimum absolute atomic E-state index is 0.218. The van der Waals surface area contributed by atoms with Gasteiger partial charge in [0.25, 0.3) is 0 Å². The minimum Gasteiger partial charge on any atom is -0.378 e. The Hall–Kier alpha value is -2.93. The predicted octanol–water partition coefficient (Wildman–Crippen LogP) is 2.34. The van der Waals surface area contributed by atoms with Crippen LogP contribution in [0.5, 0.6) is 0 Å². The highest BCUT2D eigenvalue weighted by Crippen LogP contribution is 2.24. The van der Waals surface area contributed by atoms with Gasteiger partial charge in [0.1, 0.15) is 5.69 Å². The molecule has 1 N–H and O–H groups in total. The molecule has 3 rings (SSSR count). The number of ether oxygens (including phenoxy) is 1. The van der Waals surface area contributed by atoms with Crippen LogP contribution in [0.15, 0.2) is 36.5 Å². The molecular weight excluding hydrogens is 342 g/mol. The van der Waals surface area contributed by atoms with Crippen molar-refractivity contribution in [2.75, 3.05) is 55.5 Å². The number of hydrogen-bond donors (Lipinski definition) is 1. The number of nitrogens with zero attached hydrogens (tertiary/aromatic N) is 4. The lowest BCUT2D eigenvalue weighted by molar-refractivity contribution is -0.111. The Labute approximate surface area is 159 Å². The molecule has 142 valence electrons. The third-order valence-corrected chi connectivity index (χ3v) is 4.33. The second-order valence-electron chi connectivity index (χ2n) is 6.58. The maximum Gasteiger partial charge on any atom is 0.248 e. The van der Waals surface area contributed by atoms with Gasteiger partial charge in [-0.3, -0.25) is 4.79 Å². The number of nitrogens with one attached hydrogen (secondary N) is 1. The average Bonchev–Trinajstić information content (AvgIpc) is 2.68. The molecular formula is C20H25N5O2. The van der Waals surface area contributed by atoms with Crippen molar-refractivity contribution in [3.63, 3.8) is 0 Å². The number of aromatic nitrogens is 2. The van der Waals surface area contributed by atoms with Crippen molar-refractivity contribution in [3.05, 3.63) is 47.7 Å². The van der Waals surface area contributed by atoms with Crippen molar-refractivity contribution >= 4 is 29.4 Å². The van der Waals surface area contributed by atoms with Crippen LogP contribution in [0.3, 0.4) is 0 Å². The molecule has 1 aliphatic heterocycles. The second kappa shape index (κ2) is 8.64. The van der Waals surface area contributed by atoms with Gasteiger partial charge < -0.3 is 19.9 Å². The summed E-state index contributed by atoms with van der Waals surface area (Å²) in [6.07, 6.45) is 4.99. The molecule has 1 amide bonds. The molecule has 0 radical (unpaired) electrons. The smallest absolute Gasteiger partial charge is 0.248 e. The lowest BCUT2D eigenvalue weighted by Gasteiger charge is -2.28. The van der Waals surface area contributed by atoms with Gasteiger partial charge in [-0.05, 0) is 24.1 Å². The van der Waals surface area contributed by atoms with Gasteiger partial charge in [-0.15, -0.1) is 0 Å². The number of aryl methyl sites for hydroxylation is 1. The number of carbonyl (C=O) groups excluding carboxylic acids is 1. The fraction of sp³-hybridized carbons (Fsp3) is 0.350. The summed E-state index contributed by atoms with van der Waals surface area (Å²) in [7, 11) is 3.79. The molecule has 1 aromatic heterocycles. The van der Waals surface area contributed by atoms with Crippen molar-refractivity contribution in [1.82, 2.24) is 9.97 Å². The summed E-state index contributed by atoms with van der Waals surface area (Å²) in [6, 6.07) is 7.92. The number of hydrogen-bond acceptors (Lipinski definition) is 6. The Morgan fingerprint density at radius 2 is 2.00 bits per heavy atom. The number of amides is 1. The van der Waals surface area contributed by atoms with Crippen LogP contribution in [0.4, 0.5) is 17.5 Å². The highest BCUT2D eigenvalue weighted by Gasteiger charge is 2.17. The van der Waals surface area contributed by atoms with Crippen molar-refractivity contribution < 1.29 is 9.53 Å². The van der Waals surface area contributed by atoms with Crippen LogP contribution in [-0.2, 0) is 9.53 Å². The quantitative estimate of drug-likeness (QED) is 0.818. The molecule has 0 bridgehead atoms. The van der Waals surface area contributed by atoms with Gasteiger partial charge in [0.15, 0.2) is 5.82 Å². The number of carbonyl (C=O) groups is 1. The van der Waals surface area contributed by atoms with Crippen molar-refractivity contribution in [2.24, 2.45) is 0 Å². The van der Waals surface area contributed by atoms with E-state index in [0.29, 0.717) is 30.7 Å². The van der Waals surface area contributed by atoms with Gasteiger partial charge in [0.05, 0.1) is 19.4 Å². The molecule has 0 spiro atoms. The molecule has 0 atom stereocenters. The summed E-state index contributed by atoms with van der Waals surface area (Å²) in [4.78, 5) is 25.4. The standard InChI is InChI=1S/C20H25N5O2/c1-15-6-4-5-7-16(15)8-9-18(26)22-17-14-21-20(23-19(17)24(2)3)25-10-12-27-13-11-25/h4-9,14H,10-13H2,1-3H3,(H,22,26)/b9-8+. The largest absolute Gasteiger partial charge is 0.378 e. The average molecular weight is 367 g/mol. The van der Waals surface area contributed by atoms with Gasteiger partial charge in [-0.1, -0.05) is 24.3 Å². The summed E-state index contributed by atoms with van der Waals surface area (Å²) >= 11 is 0. The predicted molar refractivity (Wildman–Crippen MR) is 108 cm³/mol. The Kier molecular flexibility index (Phi) is 6.03. The molecule has 7 nitrogen and oxygen atoms in total. The zero-order valence-corrected chi connectivity index (χ0v) is 16.0. The normalized spacial score (nSPS) is 14.4. The molecule has 1 aromatic carbocycles. The highest BCUT2D eigenvalue weighted by atomic mass is 16.5. The van der Waals surface area contributed by atoms with Crippen molar-refractivity contribution in [2.45, 2.75) is 6.92 Å². The molecule has 27 heavy (non-hydrogen) atoms. The van der Waals surface area contributed by atoms with E-state index in [1.807, 2.05) is 56.3 Å². The van der Waals surface area contributed by atoms with Crippen LogP contribution in [0.25, 0.3) is 6.08 Å². The van der Waals surface area contributed by atoms with E-state index in [4.69, 9.17) is 4.74 Å². The molecule has 2 heterocycles. The Bertz CT molecular complexity index is 829. The summed E-state index contributed by atoms with van der Waals surface area (Å²) in [5, 5.41) is 2.88. The first-order valence-electron chi connectivity index (χ1n) is 8.96. The summed E-state index contributed by atoms with van der Waals surface area (Å²) in [5.74, 6) is 1.10. The third-order valence-electron chi connectivity index (χ3n) is 4.33. The van der Waals surface area contributed by atoms with E-state index in [0.717, 1.165) is 24.2 Å². The lowest BCUT2D eigenvalue weighted by Crippen LogP contribution is -2.37. The van der Waals surface area contributed by atoms with E-state index < -0.39 is 0 Å².